The average molecular weight is 362 g/mol. The summed E-state index contributed by atoms with van der Waals surface area (Å²) < 4.78 is 17.2. The van der Waals surface area contributed by atoms with E-state index in [1.54, 1.807) is 14.2 Å². The summed E-state index contributed by atoms with van der Waals surface area (Å²) in [7, 11) is 3.32. The van der Waals surface area contributed by atoms with Gasteiger partial charge in [-0.1, -0.05) is 13.3 Å². The van der Waals surface area contributed by atoms with E-state index in [1.165, 1.54) is 11.1 Å². The first-order valence-corrected chi connectivity index (χ1v) is 9.55. The number of fused-ring (bicyclic) bond motifs is 2. The summed E-state index contributed by atoms with van der Waals surface area (Å²) in [6.45, 7) is 4.97. The molecular formula is C20H30N2O4. The van der Waals surface area contributed by atoms with E-state index in [-0.39, 0.29) is 11.6 Å². The van der Waals surface area contributed by atoms with Crippen LogP contribution in [-0.2, 0) is 16.8 Å². The number of hydrogen-bond acceptors (Lipinski definition) is 4. The Bertz CT molecular complexity index is 639. The molecule has 1 fully saturated rings. The number of hydrogen-bond donors (Lipinski definition) is 1. The highest BCUT2D eigenvalue weighted by atomic mass is 16.5. The number of likely N-dealkylation sites (tertiary alicyclic amines) is 1. The minimum absolute atomic E-state index is 0.0386. The fraction of sp³-hybridized carbons (Fsp3) is 0.650. The summed E-state index contributed by atoms with van der Waals surface area (Å²) in [5, 5.41) is 3.01. The topological polar surface area (TPSA) is 60.0 Å². The first-order chi connectivity index (χ1) is 12.6. The van der Waals surface area contributed by atoms with Crippen molar-refractivity contribution in [3.63, 3.8) is 0 Å². The normalized spacial score (nSPS) is 18.3. The molecule has 6 heteroatoms. The maximum Gasteiger partial charge on any atom is 0.317 e. The van der Waals surface area contributed by atoms with E-state index in [0.717, 1.165) is 50.1 Å². The van der Waals surface area contributed by atoms with E-state index in [9.17, 15) is 4.79 Å². The van der Waals surface area contributed by atoms with Crippen LogP contribution in [0, 0.1) is 0 Å². The number of amides is 2. The molecule has 0 radical (unpaired) electrons. The van der Waals surface area contributed by atoms with Gasteiger partial charge in [-0.25, -0.2) is 4.79 Å². The molecule has 0 unspecified atom stereocenters. The van der Waals surface area contributed by atoms with Gasteiger partial charge in [0.1, 0.15) is 0 Å². The van der Waals surface area contributed by atoms with Crippen LogP contribution in [0.15, 0.2) is 12.1 Å². The van der Waals surface area contributed by atoms with Crippen molar-refractivity contribution in [3.8, 4) is 11.5 Å². The van der Waals surface area contributed by atoms with Crippen LogP contribution in [0.2, 0.25) is 0 Å². The third kappa shape index (κ3) is 3.61. The maximum atomic E-state index is 12.3. The SMILES string of the molecule is CCCCNC(=O)N1CCC2(CC1)OCCc1cc(OC)c(OC)cc12. The summed E-state index contributed by atoms with van der Waals surface area (Å²) in [5.74, 6) is 1.49. The average Bonchev–Trinajstić information content (AvgIpc) is 2.68. The molecule has 1 spiro atoms. The van der Waals surface area contributed by atoms with E-state index in [4.69, 9.17) is 14.2 Å². The monoisotopic (exact) mass is 362 g/mol. The fourth-order valence-electron chi connectivity index (χ4n) is 3.95. The van der Waals surface area contributed by atoms with Gasteiger partial charge in [0, 0.05) is 19.6 Å². The predicted molar refractivity (Wildman–Crippen MR) is 100.0 cm³/mol. The molecule has 0 saturated carbocycles. The van der Waals surface area contributed by atoms with Crippen LogP contribution >= 0.6 is 0 Å². The van der Waals surface area contributed by atoms with Crippen LogP contribution < -0.4 is 14.8 Å². The fourth-order valence-corrected chi connectivity index (χ4v) is 3.95. The van der Waals surface area contributed by atoms with Gasteiger partial charge in [0.2, 0.25) is 0 Å². The van der Waals surface area contributed by atoms with Crippen molar-refractivity contribution in [2.45, 2.75) is 44.6 Å². The second-order valence-electron chi connectivity index (χ2n) is 7.03. The second kappa shape index (κ2) is 8.16. The smallest absolute Gasteiger partial charge is 0.317 e. The summed E-state index contributed by atoms with van der Waals surface area (Å²) in [6, 6.07) is 4.17. The summed E-state index contributed by atoms with van der Waals surface area (Å²) in [4.78, 5) is 14.2. The highest BCUT2D eigenvalue weighted by Gasteiger charge is 2.42. The number of rotatable bonds is 5. The van der Waals surface area contributed by atoms with E-state index in [2.05, 4.69) is 24.4 Å². The van der Waals surface area contributed by atoms with Crippen molar-refractivity contribution in [1.82, 2.24) is 10.2 Å². The van der Waals surface area contributed by atoms with E-state index >= 15 is 0 Å². The molecule has 2 aliphatic heterocycles. The summed E-state index contributed by atoms with van der Waals surface area (Å²) in [6.07, 6.45) is 4.58. The van der Waals surface area contributed by atoms with Crippen molar-refractivity contribution in [2.24, 2.45) is 0 Å². The molecule has 0 aromatic heterocycles. The second-order valence-corrected chi connectivity index (χ2v) is 7.03. The van der Waals surface area contributed by atoms with Gasteiger partial charge in [0.05, 0.1) is 26.4 Å². The molecule has 6 nitrogen and oxygen atoms in total. The minimum atomic E-state index is -0.326. The van der Waals surface area contributed by atoms with Crippen molar-refractivity contribution < 1.29 is 19.0 Å². The molecular weight excluding hydrogens is 332 g/mol. The van der Waals surface area contributed by atoms with Gasteiger partial charge in [-0.2, -0.15) is 0 Å². The van der Waals surface area contributed by atoms with Crippen LogP contribution in [0.25, 0.3) is 0 Å². The Labute approximate surface area is 155 Å². The molecule has 1 saturated heterocycles. The number of ether oxygens (including phenoxy) is 3. The predicted octanol–water partition coefficient (Wildman–Crippen LogP) is 3.08. The summed E-state index contributed by atoms with van der Waals surface area (Å²) >= 11 is 0. The number of urea groups is 1. The lowest BCUT2D eigenvalue weighted by Gasteiger charge is -2.45. The number of nitrogens with one attached hydrogen (secondary N) is 1. The van der Waals surface area contributed by atoms with Crippen molar-refractivity contribution in [3.05, 3.63) is 23.3 Å². The zero-order chi connectivity index (χ0) is 18.6. The van der Waals surface area contributed by atoms with Gasteiger partial charge in [-0.15, -0.1) is 0 Å². The summed E-state index contributed by atoms with van der Waals surface area (Å²) in [5.41, 5.74) is 2.12. The molecule has 1 N–H and O–H groups in total. The molecule has 0 atom stereocenters. The molecule has 1 aromatic rings. The lowest BCUT2D eigenvalue weighted by molar-refractivity contribution is -0.0927. The Morgan fingerprint density at radius 3 is 2.58 bits per heavy atom. The minimum Gasteiger partial charge on any atom is -0.493 e. The Kier molecular flexibility index (Phi) is 5.91. The molecule has 0 bridgehead atoms. The number of carbonyl (C=O) groups excluding carboxylic acids is 1. The number of benzene rings is 1. The number of nitrogens with zero attached hydrogens (tertiary/aromatic N) is 1. The third-order valence-corrected chi connectivity index (χ3v) is 5.51. The lowest BCUT2D eigenvalue weighted by Crippen LogP contribution is -2.51. The van der Waals surface area contributed by atoms with Crippen LogP contribution in [-0.4, -0.2) is 51.4 Å². The molecule has 144 valence electrons. The number of piperidine rings is 1. The lowest BCUT2D eigenvalue weighted by atomic mass is 9.79. The largest absolute Gasteiger partial charge is 0.493 e. The highest BCUT2D eigenvalue weighted by Crippen LogP contribution is 2.45. The Balaban J connectivity index is 1.74. The van der Waals surface area contributed by atoms with Crippen LogP contribution in [0.4, 0.5) is 4.79 Å². The van der Waals surface area contributed by atoms with Crippen LogP contribution in [0.1, 0.15) is 43.7 Å². The van der Waals surface area contributed by atoms with E-state index in [0.29, 0.717) is 19.7 Å². The standard InChI is InChI=1S/C20H30N2O4/c1-4-5-9-21-19(23)22-10-7-20(8-11-22)16-14-18(25-3)17(24-2)13-15(16)6-12-26-20/h13-14H,4-12H2,1-3H3,(H,21,23). The zero-order valence-corrected chi connectivity index (χ0v) is 16.1. The zero-order valence-electron chi connectivity index (χ0n) is 16.1. The van der Waals surface area contributed by atoms with Gasteiger partial charge in [0.25, 0.3) is 0 Å². The quantitative estimate of drug-likeness (QED) is 0.818. The number of unbranched alkanes of at least 4 members (excludes halogenated alkanes) is 1. The molecule has 2 aliphatic rings. The van der Waals surface area contributed by atoms with E-state index in [1.807, 2.05) is 4.90 Å². The van der Waals surface area contributed by atoms with Gasteiger partial charge < -0.3 is 24.4 Å². The van der Waals surface area contributed by atoms with Crippen LogP contribution in [0.5, 0.6) is 11.5 Å². The Morgan fingerprint density at radius 1 is 1.23 bits per heavy atom. The van der Waals surface area contributed by atoms with Gasteiger partial charge in [0.15, 0.2) is 11.5 Å². The van der Waals surface area contributed by atoms with Gasteiger partial charge in [-0.05, 0) is 48.9 Å². The van der Waals surface area contributed by atoms with Crippen molar-refractivity contribution in [2.75, 3.05) is 40.5 Å². The van der Waals surface area contributed by atoms with Gasteiger partial charge >= 0.3 is 6.03 Å². The molecule has 1 aromatic carbocycles. The third-order valence-electron chi connectivity index (χ3n) is 5.51. The Morgan fingerprint density at radius 2 is 1.92 bits per heavy atom. The Hall–Kier alpha value is -1.95. The highest BCUT2D eigenvalue weighted by molar-refractivity contribution is 5.74. The van der Waals surface area contributed by atoms with E-state index < -0.39 is 0 Å². The van der Waals surface area contributed by atoms with Gasteiger partial charge in [-0.3, -0.25) is 0 Å². The molecule has 2 heterocycles. The van der Waals surface area contributed by atoms with Crippen LogP contribution in [0.3, 0.4) is 0 Å². The molecule has 0 aliphatic carbocycles. The first kappa shape index (κ1) is 18.8. The number of methoxy groups -OCH3 is 2. The molecule has 2 amide bonds. The molecule has 3 rings (SSSR count). The maximum absolute atomic E-state index is 12.3. The molecule has 26 heavy (non-hydrogen) atoms. The first-order valence-electron chi connectivity index (χ1n) is 9.55. The van der Waals surface area contributed by atoms with Crippen molar-refractivity contribution >= 4 is 6.03 Å². The number of carbonyl (C=O) groups is 1. The van der Waals surface area contributed by atoms with Crippen molar-refractivity contribution in [1.29, 1.82) is 0 Å².